The number of halogens is 1. The Labute approximate surface area is 130 Å². The van der Waals surface area contributed by atoms with Crippen molar-refractivity contribution in [3.63, 3.8) is 0 Å². The van der Waals surface area contributed by atoms with Gasteiger partial charge in [-0.2, -0.15) is 0 Å². The number of sulfonamides is 1. The Hall–Kier alpha value is -0.760. The number of hydrogen-bond donors (Lipinski definition) is 1. The first kappa shape index (κ1) is 16.6. The number of hydrogen-bond acceptors (Lipinski definition) is 5. The van der Waals surface area contributed by atoms with Crippen LogP contribution in [0.3, 0.4) is 0 Å². The van der Waals surface area contributed by atoms with Crippen molar-refractivity contribution in [2.24, 2.45) is 0 Å². The molecule has 6 nitrogen and oxygen atoms in total. The minimum absolute atomic E-state index is 0.0241. The lowest BCUT2D eigenvalue weighted by Crippen LogP contribution is -2.48. The van der Waals surface area contributed by atoms with E-state index in [4.69, 9.17) is 16.3 Å². The van der Waals surface area contributed by atoms with Crippen LogP contribution in [0, 0.1) is 0 Å². The lowest BCUT2D eigenvalue weighted by atomic mass is 9.86. The molecule has 2 rings (SSSR count). The maximum absolute atomic E-state index is 12.3. The molecule has 1 N–H and O–H groups in total. The summed E-state index contributed by atoms with van der Waals surface area (Å²) in [4.78, 5) is 7.44. The van der Waals surface area contributed by atoms with Gasteiger partial charge in [0.25, 0.3) is 0 Å². The highest BCUT2D eigenvalue weighted by Gasteiger charge is 2.36. The number of nitrogens with one attached hydrogen (secondary N) is 1. The van der Waals surface area contributed by atoms with Crippen LogP contribution in [0.5, 0.6) is 0 Å². The van der Waals surface area contributed by atoms with Crippen LogP contribution in [0.1, 0.15) is 39.5 Å². The van der Waals surface area contributed by atoms with E-state index < -0.39 is 10.0 Å². The molecule has 21 heavy (non-hydrogen) atoms. The molecule has 1 aliphatic rings. The molecule has 1 atom stereocenters. The van der Waals surface area contributed by atoms with E-state index in [0.29, 0.717) is 19.4 Å². The minimum Gasteiger partial charge on any atom is -0.375 e. The van der Waals surface area contributed by atoms with Gasteiger partial charge in [0.15, 0.2) is 0 Å². The van der Waals surface area contributed by atoms with Crippen LogP contribution in [0.2, 0.25) is 5.28 Å². The van der Waals surface area contributed by atoms with Crippen molar-refractivity contribution in [3.05, 3.63) is 17.7 Å². The lowest BCUT2D eigenvalue weighted by molar-refractivity contribution is -0.0905. The summed E-state index contributed by atoms with van der Waals surface area (Å²) < 4.78 is 33.2. The third-order valence-electron chi connectivity index (χ3n) is 4.01. The van der Waals surface area contributed by atoms with E-state index in [9.17, 15) is 8.42 Å². The normalized spacial score (nSPS) is 22.1. The van der Waals surface area contributed by atoms with Crippen LogP contribution in [0.4, 0.5) is 0 Å². The zero-order chi connectivity index (χ0) is 15.5. The van der Waals surface area contributed by atoms with Gasteiger partial charge in [0.1, 0.15) is 4.90 Å². The Bertz CT molecular complexity index is 573. The fourth-order valence-corrected chi connectivity index (χ4v) is 3.85. The molecule has 1 fully saturated rings. The maximum atomic E-state index is 12.3. The quantitative estimate of drug-likeness (QED) is 0.835. The van der Waals surface area contributed by atoms with Crippen LogP contribution in [-0.4, -0.2) is 36.6 Å². The SMILES string of the molecule is CCC1(CC)CC(NS(=O)(=O)c2cnc(Cl)nc2)CCO1. The predicted octanol–water partition coefficient (Wildman–Crippen LogP) is 2.15. The molecule has 0 spiro atoms. The first-order valence-corrected chi connectivity index (χ1v) is 8.91. The van der Waals surface area contributed by atoms with Crippen LogP contribution in [0.15, 0.2) is 17.3 Å². The molecule has 1 aliphatic heterocycles. The smallest absolute Gasteiger partial charge is 0.243 e. The van der Waals surface area contributed by atoms with Crippen molar-refractivity contribution >= 4 is 21.6 Å². The van der Waals surface area contributed by atoms with Gasteiger partial charge >= 0.3 is 0 Å². The molecule has 1 aromatic heterocycles. The average Bonchev–Trinajstić information content (AvgIpc) is 2.47. The van der Waals surface area contributed by atoms with E-state index in [-0.39, 0.29) is 21.8 Å². The van der Waals surface area contributed by atoms with E-state index in [1.165, 1.54) is 12.4 Å². The topological polar surface area (TPSA) is 81.2 Å². The van der Waals surface area contributed by atoms with Crippen LogP contribution in [0.25, 0.3) is 0 Å². The maximum Gasteiger partial charge on any atom is 0.243 e. The van der Waals surface area contributed by atoms with Crippen molar-refractivity contribution in [3.8, 4) is 0 Å². The van der Waals surface area contributed by atoms with Crippen LogP contribution < -0.4 is 4.72 Å². The van der Waals surface area contributed by atoms with Gasteiger partial charge in [-0.05, 0) is 37.3 Å². The summed E-state index contributed by atoms with van der Waals surface area (Å²) in [7, 11) is -3.63. The van der Waals surface area contributed by atoms with Gasteiger partial charge in [0.2, 0.25) is 15.3 Å². The van der Waals surface area contributed by atoms with Crippen molar-refractivity contribution in [2.75, 3.05) is 6.61 Å². The molecular weight excluding hydrogens is 314 g/mol. The van der Waals surface area contributed by atoms with E-state index in [1.807, 2.05) is 0 Å². The molecule has 1 unspecified atom stereocenters. The molecule has 118 valence electrons. The molecule has 0 aliphatic carbocycles. The number of ether oxygens (including phenoxy) is 1. The second kappa shape index (κ2) is 6.56. The van der Waals surface area contributed by atoms with E-state index in [2.05, 4.69) is 28.5 Å². The molecule has 0 saturated carbocycles. The zero-order valence-corrected chi connectivity index (χ0v) is 13.7. The minimum atomic E-state index is -3.63. The summed E-state index contributed by atoms with van der Waals surface area (Å²) in [5.74, 6) is 0. The van der Waals surface area contributed by atoms with E-state index in [1.54, 1.807) is 0 Å². The molecule has 0 aromatic carbocycles. The summed E-state index contributed by atoms with van der Waals surface area (Å²) in [6.07, 6.45) is 5.49. The summed E-state index contributed by atoms with van der Waals surface area (Å²) in [5, 5.41) is 0.0241. The summed E-state index contributed by atoms with van der Waals surface area (Å²) >= 11 is 5.57. The summed E-state index contributed by atoms with van der Waals surface area (Å²) in [5.41, 5.74) is -0.234. The van der Waals surface area contributed by atoms with E-state index in [0.717, 1.165) is 12.8 Å². The predicted molar refractivity (Wildman–Crippen MR) is 79.7 cm³/mol. The summed E-state index contributed by atoms with van der Waals surface area (Å²) in [6.45, 7) is 4.69. The van der Waals surface area contributed by atoms with Crippen molar-refractivity contribution in [1.29, 1.82) is 0 Å². The second-order valence-corrected chi connectivity index (χ2v) is 7.29. The highest BCUT2D eigenvalue weighted by molar-refractivity contribution is 7.89. The van der Waals surface area contributed by atoms with Gasteiger partial charge in [0, 0.05) is 12.6 Å². The number of rotatable bonds is 5. The van der Waals surface area contributed by atoms with Gasteiger partial charge in [-0.15, -0.1) is 0 Å². The molecule has 0 radical (unpaired) electrons. The molecule has 0 amide bonds. The largest absolute Gasteiger partial charge is 0.375 e. The Morgan fingerprint density at radius 3 is 2.57 bits per heavy atom. The molecule has 2 heterocycles. The fourth-order valence-electron chi connectivity index (χ4n) is 2.60. The Kier molecular flexibility index (Phi) is 5.19. The van der Waals surface area contributed by atoms with Gasteiger partial charge in [0.05, 0.1) is 18.0 Å². The Morgan fingerprint density at radius 2 is 2.00 bits per heavy atom. The first-order valence-electron chi connectivity index (χ1n) is 7.04. The highest BCUT2D eigenvalue weighted by Crippen LogP contribution is 2.31. The van der Waals surface area contributed by atoms with Crippen LogP contribution in [-0.2, 0) is 14.8 Å². The zero-order valence-electron chi connectivity index (χ0n) is 12.2. The third kappa shape index (κ3) is 3.91. The molecule has 1 aromatic rings. The molecule has 0 bridgehead atoms. The van der Waals surface area contributed by atoms with Crippen molar-refractivity contribution in [2.45, 2.75) is 56.1 Å². The molecule has 1 saturated heterocycles. The Morgan fingerprint density at radius 1 is 1.38 bits per heavy atom. The molecule has 8 heteroatoms. The second-order valence-electron chi connectivity index (χ2n) is 5.24. The highest BCUT2D eigenvalue weighted by atomic mass is 35.5. The van der Waals surface area contributed by atoms with Crippen molar-refractivity contribution < 1.29 is 13.2 Å². The van der Waals surface area contributed by atoms with Gasteiger partial charge < -0.3 is 4.74 Å². The van der Waals surface area contributed by atoms with Gasteiger partial charge in [-0.1, -0.05) is 13.8 Å². The summed E-state index contributed by atoms with van der Waals surface area (Å²) in [6, 6.07) is -0.140. The van der Waals surface area contributed by atoms with E-state index >= 15 is 0 Å². The average molecular weight is 334 g/mol. The van der Waals surface area contributed by atoms with Gasteiger partial charge in [-0.25, -0.2) is 23.1 Å². The van der Waals surface area contributed by atoms with Gasteiger partial charge in [-0.3, -0.25) is 0 Å². The fraction of sp³-hybridized carbons (Fsp3) is 0.692. The number of nitrogens with zero attached hydrogens (tertiary/aromatic N) is 2. The third-order valence-corrected chi connectivity index (χ3v) is 5.68. The van der Waals surface area contributed by atoms with Crippen molar-refractivity contribution in [1.82, 2.24) is 14.7 Å². The van der Waals surface area contributed by atoms with Crippen LogP contribution >= 0.6 is 11.6 Å². The lowest BCUT2D eigenvalue weighted by Gasteiger charge is -2.40. The molecular formula is C13H20ClN3O3S. The standard InChI is InChI=1S/C13H20ClN3O3S/c1-3-13(4-2)7-10(5-6-20-13)17-21(18,19)11-8-15-12(14)16-9-11/h8-10,17H,3-7H2,1-2H3. The Balaban J connectivity index is 2.11. The number of aromatic nitrogens is 2. The monoisotopic (exact) mass is 333 g/mol. The first-order chi connectivity index (χ1) is 9.91.